The number of sulfone groups is 1. The van der Waals surface area contributed by atoms with Crippen molar-refractivity contribution < 1.29 is 18.1 Å². The lowest BCUT2D eigenvalue weighted by Gasteiger charge is -2.32. The number of rotatable bonds is 2. The van der Waals surface area contributed by atoms with E-state index in [2.05, 4.69) is 31.9 Å². The van der Waals surface area contributed by atoms with E-state index in [4.69, 9.17) is 4.74 Å². The summed E-state index contributed by atoms with van der Waals surface area (Å²) in [5, 5.41) is 11.0. The molecule has 2 heterocycles. The molecule has 2 rings (SSSR count). The maximum absolute atomic E-state index is 12.0. The molecule has 0 saturated carbocycles. The molecule has 0 aromatic carbocycles. The Kier molecular flexibility index (Phi) is 3.74. The summed E-state index contributed by atoms with van der Waals surface area (Å²) >= 11 is 6.12. The SMILES string of the molecule is O=[N+]([O-])C1=C(N2CCOCC2)C(Br)(Br)S(=O)(=O)C1. The lowest BCUT2D eigenvalue weighted by Crippen LogP contribution is -2.41. The van der Waals surface area contributed by atoms with Crippen LogP contribution in [0, 0.1) is 10.1 Å². The fourth-order valence-electron chi connectivity index (χ4n) is 1.95. The molecule has 10 heteroatoms. The summed E-state index contributed by atoms with van der Waals surface area (Å²) in [6.07, 6.45) is 0. The van der Waals surface area contributed by atoms with Crippen molar-refractivity contribution in [2.45, 2.75) is 2.57 Å². The molecule has 0 aromatic heterocycles. The number of hydrogen-bond acceptors (Lipinski definition) is 6. The minimum atomic E-state index is -3.68. The normalized spacial score (nSPS) is 26.4. The largest absolute Gasteiger partial charge is 0.378 e. The number of alkyl halides is 2. The van der Waals surface area contributed by atoms with E-state index in [1.54, 1.807) is 4.90 Å². The van der Waals surface area contributed by atoms with E-state index >= 15 is 0 Å². The van der Waals surface area contributed by atoms with E-state index < -0.39 is 23.1 Å². The van der Waals surface area contributed by atoms with Gasteiger partial charge in [-0.25, -0.2) is 8.42 Å². The highest BCUT2D eigenvalue weighted by Gasteiger charge is 2.57. The Hall–Kier alpha value is -0.190. The zero-order valence-corrected chi connectivity index (χ0v) is 13.1. The number of ether oxygens (including phenoxy) is 1. The van der Waals surface area contributed by atoms with Crippen LogP contribution in [0.1, 0.15) is 0 Å². The summed E-state index contributed by atoms with van der Waals surface area (Å²) in [4.78, 5) is 12.1. The summed E-state index contributed by atoms with van der Waals surface area (Å²) < 4.78 is 27.5. The summed E-state index contributed by atoms with van der Waals surface area (Å²) in [5.41, 5.74) is -0.124. The predicted octanol–water partition coefficient (Wildman–Crippen LogP) is 0.679. The van der Waals surface area contributed by atoms with E-state index in [0.29, 0.717) is 26.3 Å². The van der Waals surface area contributed by atoms with Gasteiger partial charge < -0.3 is 9.64 Å². The molecule has 0 aromatic rings. The van der Waals surface area contributed by atoms with Crippen LogP contribution < -0.4 is 0 Å². The van der Waals surface area contributed by atoms with Crippen LogP contribution in [0.4, 0.5) is 0 Å². The smallest absolute Gasteiger partial charge is 0.283 e. The first kappa shape index (κ1) is 14.2. The van der Waals surface area contributed by atoms with E-state index in [1.807, 2.05) is 0 Å². The Morgan fingerprint density at radius 2 is 1.89 bits per heavy atom. The van der Waals surface area contributed by atoms with Gasteiger partial charge in [-0.05, 0) is 31.9 Å². The fraction of sp³-hybridized carbons (Fsp3) is 0.750. The second kappa shape index (κ2) is 4.73. The molecule has 0 amide bonds. The van der Waals surface area contributed by atoms with Crippen molar-refractivity contribution in [2.75, 3.05) is 32.1 Å². The first-order valence-electron chi connectivity index (χ1n) is 5.08. The van der Waals surface area contributed by atoms with Crippen LogP contribution in [0.25, 0.3) is 0 Å². The van der Waals surface area contributed by atoms with Gasteiger partial charge >= 0.3 is 0 Å². The second-order valence-electron chi connectivity index (χ2n) is 3.93. The standard InChI is InChI=1S/C8H10Br2N2O5S/c9-8(10)7(11-1-3-17-4-2-11)6(12(13)14)5-18(8,15)16/h1-5H2. The molecule has 0 radical (unpaired) electrons. The van der Waals surface area contributed by atoms with Gasteiger partial charge in [0.15, 0.2) is 9.84 Å². The number of morpholine rings is 1. The highest BCUT2D eigenvalue weighted by molar-refractivity contribution is 9.28. The molecule has 7 nitrogen and oxygen atoms in total. The molecule has 2 aliphatic rings. The topological polar surface area (TPSA) is 89.8 Å². The number of nitrogens with zero attached hydrogens (tertiary/aromatic N) is 2. The number of hydrogen-bond donors (Lipinski definition) is 0. The molecule has 0 spiro atoms. The maximum Gasteiger partial charge on any atom is 0.283 e. The highest BCUT2D eigenvalue weighted by atomic mass is 79.9. The maximum atomic E-state index is 12.0. The Labute approximate surface area is 120 Å². The summed E-state index contributed by atoms with van der Waals surface area (Å²) in [5.74, 6) is -0.580. The molecule has 18 heavy (non-hydrogen) atoms. The van der Waals surface area contributed by atoms with E-state index in [0.717, 1.165) is 0 Å². The zero-order chi connectivity index (χ0) is 13.6. The van der Waals surface area contributed by atoms with Crippen molar-refractivity contribution in [3.8, 4) is 0 Å². The van der Waals surface area contributed by atoms with E-state index in [-0.39, 0.29) is 11.4 Å². The van der Waals surface area contributed by atoms with Crippen molar-refractivity contribution in [3.63, 3.8) is 0 Å². The van der Waals surface area contributed by atoms with E-state index in [1.165, 1.54) is 0 Å². The molecule has 1 fully saturated rings. The summed E-state index contributed by atoms with van der Waals surface area (Å²) in [7, 11) is -3.68. The molecular formula is C8H10Br2N2O5S. The molecular weight excluding hydrogens is 396 g/mol. The van der Waals surface area contributed by atoms with Crippen LogP contribution in [0.5, 0.6) is 0 Å². The van der Waals surface area contributed by atoms with Gasteiger partial charge in [-0.3, -0.25) is 10.1 Å². The van der Waals surface area contributed by atoms with Gasteiger partial charge in [-0.15, -0.1) is 0 Å². The average Bonchev–Trinajstić information content (AvgIpc) is 2.47. The third-order valence-electron chi connectivity index (χ3n) is 2.81. The van der Waals surface area contributed by atoms with Crippen LogP contribution in [-0.4, -0.2) is 52.9 Å². The third kappa shape index (κ3) is 2.19. The molecule has 0 bridgehead atoms. The van der Waals surface area contributed by atoms with Crippen LogP contribution in [0.2, 0.25) is 0 Å². The van der Waals surface area contributed by atoms with Gasteiger partial charge in [-0.2, -0.15) is 0 Å². The van der Waals surface area contributed by atoms with Crippen molar-refractivity contribution in [1.29, 1.82) is 0 Å². The Morgan fingerprint density at radius 3 is 2.39 bits per heavy atom. The molecule has 2 aliphatic heterocycles. The molecule has 0 aliphatic carbocycles. The Balaban J connectivity index is 2.49. The van der Waals surface area contributed by atoms with Gasteiger partial charge in [0.2, 0.25) is 2.57 Å². The molecule has 0 N–H and O–H groups in total. The average molecular weight is 406 g/mol. The first-order chi connectivity index (χ1) is 8.27. The summed E-state index contributed by atoms with van der Waals surface area (Å²) in [6, 6.07) is 0. The number of nitro groups is 1. The Bertz CT molecular complexity index is 510. The zero-order valence-electron chi connectivity index (χ0n) is 9.14. The Morgan fingerprint density at radius 1 is 1.33 bits per heavy atom. The van der Waals surface area contributed by atoms with Crippen LogP contribution >= 0.6 is 31.9 Å². The van der Waals surface area contributed by atoms with Crippen molar-refractivity contribution >= 4 is 41.7 Å². The quantitative estimate of drug-likeness (QED) is 0.381. The first-order valence-corrected chi connectivity index (χ1v) is 8.32. The monoisotopic (exact) mass is 404 g/mol. The lowest BCUT2D eigenvalue weighted by molar-refractivity contribution is -0.425. The van der Waals surface area contributed by atoms with Crippen LogP contribution in [0.3, 0.4) is 0 Å². The second-order valence-corrected chi connectivity index (χ2v) is 10.6. The van der Waals surface area contributed by atoms with Crippen molar-refractivity contribution in [2.24, 2.45) is 0 Å². The van der Waals surface area contributed by atoms with Gasteiger partial charge in [0.1, 0.15) is 11.4 Å². The van der Waals surface area contributed by atoms with Gasteiger partial charge in [0, 0.05) is 13.1 Å². The number of halogens is 2. The molecule has 0 atom stereocenters. The minimum absolute atomic E-state index is 0.163. The van der Waals surface area contributed by atoms with Gasteiger partial charge in [0.25, 0.3) is 5.70 Å². The van der Waals surface area contributed by atoms with Crippen LogP contribution in [0.15, 0.2) is 11.4 Å². The highest BCUT2D eigenvalue weighted by Crippen LogP contribution is 2.49. The molecule has 0 unspecified atom stereocenters. The third-order valence-corrected chi connectivity index (χ3v) is 8.15. The lowest BCUT2D eigenvalue weighted by atomic mass is 10.3. The van der Waals surface area contributed by atoms with Crippen molar-refractivity contribution in [3.05, 3.63) is 21.5 Å². The predicted molar refractivity (Wildman–Crippen MR) is 70.8 cm³/mol. The van der Waals surface area contributed by atoms with Crippen molar-refractivity contribution in [1.82, 2.24) is 4.90 Å². The fourth-order valence-corrected chi connectivity index (χ4v) is 4.92. The van der Waals surface area contributed by atoms with Gasteiger partial charge in [-0.1, -0.05) is 0 Å². The van der Waals surface area contributed by atoms with E-state index in [9.17, 15) is 18.5 Å². The van der Waals surface area contributed by atoms with Gasteiger partial charge in [0.05, 0.1) is 18.1 Å². The summed E-state index contributed by atoms with van der Waals surface area (Å²) in [6.45, 7) is 1.71. The molecule has 1 saturated heterocycles. The molecule has 102 valence electrons. The minimum Gasteiger partial charge on any atom is -0.378 e. The van der Waals surface area contributed by atoms with Crippen LogP contribution in [-0.2, 0) is 14.6 Å².